The predicted molar refractivity (Wildman–Crippen MR) is 65.5 cm³/mol. The summed E-state index contributed by atoms with van der Waals surface area (Å²) in [7, 11) is 0. The number of carbonyl (C=O) groups is 1. The van der Waals surface area contributed by atoms with Crippen LogP contribution in [-0.2, 0) is 4.79 Å². The van der Waals surface area contributed by atoms with Crippen LogP contribution in [-0.4, -0.2) is 28.9 Å². The lowest BCUT2D eigenvalue weighted by atomic mass is 10.0. The van der Waals surface area contributed by atoms with Crippen molar-refractivity contribution < 1.29 is 4.79 Å². The molecule has 1 rings (SSSR count). The number of hydrogen-bond donors (Lipinski definition) is 1. The Morgan fingerprint density at radius 1 is 1.67 bits per heavy atom. The molecule has 1 heterocycles. The number of hydrogen-bond acceptors (Lipinski definition) is 2. The largest absolute Gasteiger partial charge is 0.393 e. The van der Waals surface area contributed by atoms with E-state index in [4.69, 9.17) is 18.0 Å². The number of likely N-dealkylation sites (tertiary alicyclic amines) is 1. The molecule has 1 aliphatic heterocycles. The fourth-order valence-electron chi connectivity index (χ4n) is 1.79. The lowest BCUT2D eigenvalue weighted by Crippen LogP contribution is -2.37. The molecule has 4 heteroatoms. The lowest BCUT2D eigenvalue weighted by Gasteiger charge is -2.23. The summed E-state index contributed by atoms with van der Waals surface area (Å²) in [6.07, 6.45) is 2.78. The molecule has 0 saturated carbocycles. The van der Waals surface area contributed by atoms with Crippen LogP contribution in [0, 0.1) is 11.8 Å². The maximum Gasteiger partial charge on any atom is 0.222 e. The number of amides is 1. The molecule has 86 valence electrons. The Morgan fingerprint density at radius 2 is 2.33 bits per heavy atom. The average molecular weight is 228 g/mol. The SMILES string of the molecule is CC1CCC(=O)N(CC(C)C(N)=S)CC1. The molecule has 2 unspecified atom stereocenters. The lowest BCUT2D eigenvalue weighted by molar-refractivity contribution is -0.130. The predicted octanol–water partition coefficient (Wildman–Crippen LogP) is 1.56. The Kier molecular flexibility index (Phi) is 4.51. The Labute approximate surface area is 97.0 Å². The highest BCUT2D eigenvalue weighted by Crippen LogP contribution is 2.18. The van der Waals surface area contributed by atoms with Gasteiger partial charge in [-0.25, -0.2) is 0 Å². The maximum absolute atomic E-state index is 11.8. The van der Waals surface area contributed by atoms with Gasteiger partial charge in [0.1, 0.15) is 0 Å². The molecule has 0 bridgehead atoms. The summed E-state index contributed by atoms with van der Waals surface area (Å²) in [5.41, 5.74) is 5.56. The minimum atomic E-state index is 0.123. The Hall–Kier alpha value is -0.640. The molecule has 0 aromatic rings. The van der Waals surface area contributed by atoms with E-state index < -0.39 is 0 Å². The van der Waals surface area contributed by atoms with Gasteiger partial charge in [-0.05, 0) is 18.8 Å². The third-order valence-electron chi connectivity index (χ3n) is 3.08. The highest BCUT2D eigenvalue weighted by molar-refractivity contribution is 7.80. The first-order valence-electron chi connectivity index (χ1n) is 5.57. The summed E-state index contributed by atoms with van der Waals surface area (Å²) in [5.74, 6) is 1.03. The quantitative estimate of drug-likeness (QED) is 0.746. The molecule has 0 spiro atoms. The van der Waals surface area contributed by atoms with Crippen LogP contribution in [0.25, 0.3) is 0 Å². The summed E-state index contributed by atoms with van der Waals surface area (Å²) in [4.78, 5) is 14.2. The van der Waals surface area contributed by atoms with E-state index in [1.165, 1.54) is 0 Å². The van der Waals surface area contributed by atoms with Gasteiger partial charge in [-0.15, -0.1) is 0 Å². The second-order valence-corrected chi connectivity index (χ2v) is 5.05. The molecule has 2 atom stereocenters. The van der Waals surface area contributed by atoms with Gasteiger partial charge in [0.15, 0.2) is 0 Å². The second kappa shape index (κ2) is 5.45. The molecule has 0 aromatic carbocycles. The number of nitrogens with two attached hydrogens (primary N) is 1. The van der Waals surface area contributed by atoms with E-state index in [2.05, 4.69) is 6.92 Å². The van der Waals surface area contributed by atoms with Gasteiger partial charge in [0.2, 0.25) is 5.91 Å². The summed E-state index contributed by atoms with van der Waals surface area (Å²) >= 11 is 4.92. The number of carbonyl (C=O) groups excluding carboxylic acids is 1. The molecule has 15 heavy (non-hydrogen) atoms. The van der Waals surface area contributed by atoms with Crippen LogP contribution in [0.15, 0.2) is 0 Å². The Morgan fingerprint density at radius 3 is 2.93 bits per heavy atom. The van der Waals surface area contributed by atoms with Gasteiger partial charge in [-0.1, -0.05) is 26.1 Å². The molecule has 1 fully saturated rings. The van der Waals surface area contributed by atoms with E-state index in [1.807, 2.05) is 11.8 Å². The fraction of sp³-hybridized carbons (Fsp3) is 0.818. The summed E-state index contributed by atoms with van der Waals surface area (Å²) < 4.78 is 0. The molecule has 0 aromatic heterocycles. The van der Waals surface area contributed by atoms with Gasteiger partial charge in [-0.3, -0.25) is 4.79 Å². The van der Waals surface area contributed by atoms with Crippen LogP contribution in [0.2, 0.25) is 0 Å². The van der Waals surface area contributed by atoms with Crippen molar-refractivity contribution in [2.45, 2.75) is 33.1 Å². The summed E-state index contributed by atoms with van der Waals surface area (Å²) in [6, 6.07) is 0. The van der Waals surface area contributed by atoms with Gasteiger partial charge in [0.25, 0.3) is 0 Å². The molecule has 1 saturated heterocycles. The van der Waals surface area contributed by atoms with Crippen LogP contribution in [0.4, 0.5) is 0 Å². The Balaban J connectivity index is 2.52. The van der Waals surface area contributed by atoms with Crippen molar-refractivity contribution in [2.75, 3.05) is 13.1 Å². The zero-order valence-electron chi connectivity index (χ0n) is 9.53. The smallest absolute Gasteiger partial charge is 0.222 e. The van der Waals surface area contributed by atoms with Crippen LogP contribution >= 0.6 is 12.2 Å². The van der Waals surface area contributed by atoms with Gasteiger partial charge in [0.05, 0.1) is 4.99 Å². The number of rotatable bonds is 3. The van der Waals surface area contributed by atoms with Crippen molar-refractivity contribution >= 4 is 23.1 Å². The summed E-state index contributed by atoms with van der Waals surface area (Å²) in [5, 5.41) is 0. The summed E-state index contributed by atoms with van der Waals surface area (Å²) in [6.45, 7) is 5.71. The van der Waals surface area contributed by atoms with E-state index in [0.29, 0.717) is 23.9 Å². The van der Waals surface area contributed by atoms with Gasteiger partial charge < -0.3 is 10.6 Å². The normalized spacial score (nSPS) is 24.8. The zero-order valence-corrected chi connectivity index (χ0v) is 10.3. The van der Waals surface area contributed by atoms with Gasteiger partial charge in [0, 0.05) is 25.4 Å². The molecule has 1 aliphatic rings. The molecule has 1 amide bonds. The monoisotopic (exact) mass is 228 g/mol. The zero-order chi connectivity index (χ0) is 11.4. The molecular weight excluding hydrogens is 208 g/mol. The van der Waals surface area contributed by atoms with Crippen LogP contribution in [0.3, 0.4) is 0 Å². The topological polar surface area (TPSA) is 46.3 Å². The van der Waals surface area contributed by atoms with Crippen molar-refractivity contribution in [2.24, 2.45) is 17.6 Å². The maximum atomic E-state index is 11.8. The van der Waals surface area contributed by atoms with Crippen LogP contribution in [0.1, 0.15) is 33.1 Å². The molecule has 0 aliphatic carbocycles. The minimum absolute atomic E-state index is 0.123. The molecule has 3 nitrogen and oxygen atoms in total. The van der Waals surface area contributed by atoms with E-state index in [9.17, 15) is 4.79 Å². The first kappa shape index (κ1) is 12.4. The molecule has 2 N–H and O–H groups in total. The second-order valence-electron chi connectivity index (χ2n) is 4.58. The minimum Gasteiger partial charge on any atom is -0.393 e. The highest BCUT2D eigenvalue weighted by atomic mass is 32.1. The van der Waals surface area contributed by atoms with Crippen molar-refractivity contribution in [1.82, 2.24) is 4.90 Å². The number of thiocarbonyl (C=S) groups is 1. The van der Waals surface area contributed by atoms with Crippen molar-refractivity contribution in [3.05, 3.63) is 0 Å². The van der Waals surface area contributed by atoms with Gasteiger partial charge >= 0.3 is 0 Å². The molecular formula is C11H20N2OS. The van der Waals surface area contributed by atoms with E-state index in [-0.39, 0.29) is 11.8 Å². The third kappa shape index (κ3) is 3.78. The average Bonchev–Trinajstić information content (AvgIpc) is 2.32. The van der Waals surface area contributed by atoms with Crippen LogP contribution in [0.5, 0.6) is 0 Å². The first-order chi connectivity index (χ1) is 7.00. The number of nitrogens with zero attached hydrogens (tertiary/aromatic N) is 1. The Bertz CT molecular complexity index is 255. The van der Waals surface area contributed by atoms with E-state index in [0.717, 1.165) is 19.4 Å². The standard InChI is InChI=1S/C11H20N2OS/c1-8-3-4-10(14)13(6-5-8)7-9(2)11(12)15/h8-9H,3-7H2,1-2H3,(H2,12,15). The van der Waals surface area contributed by atoms with Crippen molar-refractivity contribution in [3.8, 4) is 0 Å². The van der Waals surface area contributed by atoms with Crippen molar-refractivity contribution in [1.29, 1.82) is 0 Å². The molecule has 0 radical (unpaired) electrons. The fourth-order valence-corrected chi connectivity index (χ4v) is 1.86. The highest BCUT2D eigenvalue weighted by Gasteiger charge is 2.22. The van der Waals surface area contributed by atoms with Crippen molar-refractivity contribution in [3.63, 3.8) is 0 Å². The van der Waals surface area contributed by atoms with E-state index >= 15 is 0 Å². The van der Waals surface area contributed by atoms with Crippen LogP contribution < -0.4 is 5.73 Å². The van der Waals surface area contributed by atoms with Gasteiger partial charge in [-0.2, -0.15) is 0 Å². The third-order valence-corrected chi connectivity index (χ3v) is 3.48. The van der Waals surface area contributed by atoms with E-state index in [1.54, 1.807) is 0 Å². The first-order valence-corrected chi connectivity index (χ1v) is 5.98.